The fourth-order valence-corrected chi connectivity index (χ4v) is 1.09. The molecule has 0 aliphatic heterocycles. The van der Waals surface area contributed by atoms with Crippen LogP contribution in [0.4, 0.5) is 0 Å². The largest absolute Gasteiger partial charge is 0.359 e. The van der Waals surface area contributed by atoms with Crippen LogP contribution < -0.4 is 5.32 Å². The number of carbonyl (C=O) groups excluding carboxylic acids is 2. The number of nitrogens with one attached hydrogen (secondary N) is 1. The van der Waals surface area contributed by atoms with E-state index in [9.17, 15) is 9.59 Å². The molecular formula is C9H17NO2. The van der Waals surface area contributed by atoms with Crippen LogP contribution in [-0.4, -0.2) is 19.2 Å². The fraction of sp³-hybridized carbons (Fsp3) is 0.778. The van der Waals surface area contributed by atoms with E-state index in [1.807, 2.05) is 6.92 Å². The Bertz CT molecular complexity index is 145. The number of hydrogen-bond donors (Lipinski definition) is 1. The van der Waals surface area contributed by atoms with E-state index in [-0.39, 0.29) is 11.8 Å². The highest BCUT2D eigenvalue weighted by Gasteiger charge is 2.07. The average molecular weight is 171 g/mol. The van der Waals surface area contributed by atoms with Gasteiger partial charge in [-0.05, 0) is 12.8 Å². The molecule has 0 heterocycles. The molecule has 0 bridgehead atoms. The molecule has 3 nitrogen and oxygen atoms in total. The fourth-order valence-electron chi connectivity index (χ4n) is 1.09. The molecule has 0 aliphatic carbocycles. The van der Waals surface area contributed by atoms with Gasteiger partial charge in [-0.15, -0.1) is 0 Å². The monoisotopic (exact) mass is 171 g/mol. The van der Waals surface area contributed by atoms with E-state index >= 15 is 0 Å². The summed E-state index contributed by atoms with van der Waals surface area (Å²) in [7, 11) is 1.61. The Morgan fingerprint density at radius 3 is 2.58 bits per heavy atom. The summed E-state index contributed by atoms with van der Waals surface area (Å²) in [5.41, 5.74) is 0. The van der Waals surface area contributed by atoms with E-state index in [0.717, 1.165) is 19.1 Å². The molecule has 1 amide bonds. The van der Waals surface area contributed by atoms with E-state index < -0.39 is 0 Å². The minimum absolute atomic E-state index is 0.0120. The Labute approximate surface area is 73.5 Å². The van der Waals surface area contributed by atoms with Crippen molar-refractivity contribution in [1.82, 2.24) is 5.32 Å². The lowest BCUT2D eigenvalue weighted by atomic mass is 10.00. The molecule has 0 radical (unpaired) electrons. The van der Waals surface area contributed by atoms with Crippen LogP contribution in [0.2, 0.25) is 0 Å². The van der Waals surface area contributed by atoms with Gasteiger partial charge in [0.05, 0.1) is 0 Å². The minimum atomic E-state index is 0.0120. The van der Waals surface area contributed by atoms with Crippen molar-refractivity contribution < 1.29 is 9.59 Å². The van der Waals surface area contributed by atoms with Crippen LogP contribution >= 0.6 is 0 Å². The summed E-state index contributed by atoms with van der Waals surface area (Å²) in [6, 6.07) is 0. The van der Waals surface area contributed by atoms with Crippen molar-refractivity contribution in [3.8, 4) is 0 Å². The second-order valence-corrected chi connectivity index (χ2v) is 2.90. The summed E-state index contributed by atoms with van der Waals surface area (Å²) in [6.45, 7) is 2.04. The first-order valence-electron chi connectivity index (χ1n) is 4.40. The van der Waals surface area contributed by atoms with Gasteiger partial charge in [-0.2, -0.15) is 0 Å². The Morgan fingerprint density at radius 1 is 1.50 bits per heavy atom. The summed E-state index contributed by atoms with van der Waals surface area (Å²) >= 11 is 0. The molecule has 1 atom stereocenters. The lowest BCUT2D eigenvalue weighted by Gasteiger charge is -2.06. The quantitative estimate of drug-likeness (QED) is 0.609. The van der Waals surface area contributed by atoms with Gasteiger partial charge in [-0.3, -0.25) is 4.79 Å². The number of carbonyl (C=O) groups is 2. The maximum atomic E-state index is 10.8. The van der Waals surface area contributed by atoms with E-state index in [2.05, 4.69) is 5.32 Å². The van der Waals surface area contributed by atoms with Gasteiger partial charge in [0.25, 0.3) is 0 Å². The number of amides is 1. The standard InChI is InChI=1S/C9H17NO2/c1-3-4-8(7-11)5-6-9(12)10-2/h7-8H,3-6H2,1-2H3,(H,10,12). The normalized spacial score (nSPS) is 12.2. The van der Waals surface area contributed by atoms with Gasteiger partial charge in [0.1, 0.15) is 6.29 Å². The highest BCUT2D eigenvalue weighted by molar-refractivity contribution is 5.75. The van der Waals surface area contributed by atoms with Gasteiger partial charge >= 0.3 is 0 Å². The zero-order valence-corrected chi connectivity index (χ0v) is 7.80. The summed E-state index contributed by atoms with van der Waals surface area (Å²) in [5, 5.41) is 2.53. The molecule has 0 spiro atoms. The predicted octanol–water partition coefficient (Wildman–Crippen LogP) is 1.13. The lowest BCUT2D eigenvalue weighted by Crippen LogP contribution is -2.18. The smallest absolute Gasteiger partial charge is 0.219 e. The van der Waals surface area contributed by atoms with Crippen molar-refractivity contribution in [2.24, 2.45) is 5.92 Å². The van der Waals surface area contributed by atoms with Crippen LogP contribution in [0.3, 0.4) is 0 Å². The second-order valence-electron chi connectivity index (χ2n) is 2.90. The minimum Gasteiger partial charge on any atom is -0.359 e. The van der Waals surface area contributed by atoms with Crippen LogP contribution in [0, 0.1) is 5.92 Å². The van der Waals surface area contributed by atoms with Crippen molar-refractivity contribution >= 4 is 12.2 Å². The molecule has 12 heavy (non-hydrogen) atoms. The maximum absolute atomic E-state index is 10.8. The Morgan fingerprint density at radius 2 is 2.17 bits per heavy atom. The summed E-state index contributed by atoms with van der Waals surface area (Å²) in [4.78, 5) is 21.3. The molecule has 0 fully saturated rings. The zero-order chi connectivity index (χ0) is 9.40. The van der Waals surface area contributed by atoms with E-state index in [1.165, 1.54) is 0 Å². The highest BCUT2D eigenvalue weighted by Crippen LogP contribution is 2.10. The van der Waals surface area contributed by atoms with Crippen molar-refractivity contribution in [2.45, 2.75) is 32.6 Å². The third kappa shape index (κ3) is 4.88. The first-order chi connectivity index (χ1) is 5.74. The van der Waals surface area contributed by atoms with E-state index in [1.54, 1.807) is 7.05 Å². The summed E-state index contributed by atoms with van der Waals surface area (Å²) in [6.07, 6.45) is 3.97. The first kappa shape index (κ1) is 11.1. The average Bonchev–Trinajstić information content (AvgIpc) is 2.11. The van der Waals surface area contributed by atoms with Gasteiger partial charge in [-0.1, -0.05) is 13.3 Å². The Hall–Kier alpha value is -0.860. The van der Waals surface area contributed by atoms with Gasteiger partial charge in [0.2, 0.25) is 5.91 Å². The zero-order valence-electron chi connectivity index (χ0n) is 7.80. The van der Waals surface area contributed by atoms with Crippen LogP contribution in [0.15, 0.2) is 0 Å². The van der Waals surface area contributed by atoms with Crippen LogP contribution in [0.25, 0.3) is 0 Å². The predicted molar refractivity (Wildman–Crippen MR) is 47.8 cm³/mol. The van der Waals surface area contributed by atoms with E-state index in [4.69, 9.17) is 0 Å². The molecule has 0 aromatic heterocycles. The topological polar surface area (TPSA) is 46.2 Å². The molecule has 0 rings (SSSR count). The van der Waals surface area contributed by atoms with Gasteiger partial charge in [-0.25, -0.2) is 0 Å². The molecule has 70 valence electrons. The molecule has 0 aromatic carbocycles. The number of aldehydes is 1. The summed E-state index contributed by atoms with van der Waals surface area (Å²) in [5.74, 6) is 0.0743. The Kier molecular flexibility index (Phi) is 6.34. The van der Waals surface area contributed by atoms with Gasteiger partial charge in [0, 0.05) is 19.4 Å². The van der Waals surface area contributed by atoms with Crippen molar-refractivity contribution in [2.75, 3.05) is 7.05 Å². The second kappa shape index (κ2) is 6.83. The van der Waals surface area contributed by atoms with Crippen LogP contribution in [0.1, 0.15) is 32.6 Å². The van der Waals surface area contributed by atoms with E-state index in [0.29, 0.717) is 12.8 Å². The maximum Gasteiger partial charge on any atom is 0.219 e. The van der Waals surface area contributed by atoms with Crippen LogP contribution in [-0.2, 0) is 9.59 Å². The van der Waals surface area contributed by atoms with Crippen molar-refractivity contribution in [1.29, 1.82) is 0 Å². The molecule has 0 saturated carbocycles. The molecule has 0 aliphatic rings. The highest BCUT2D eigenvalue weighted by atomic mass is 16.1. The number of hydrogen-bond acceptors (Lipinski definition) is 2. The lowest BCUT2D eigenvalue weighted by molar-refractivity contribution is -0.121. The van der Waals surface area contributed by atoms with Crippen molar-refractivity contribution in [3.05, 3.63) is 0 Å². The molecule has 1 unspecified atom stereocenters. The van der Waals surface area contributed by atoms with Gasteiger partial charge < -0.3 is 10.1 Å². The Balaban J connectivity index is 3.57. The third-order valence-electron chi connectivity index (χ3n) is 1.87. The molecular weight excluding hydrogens is 154 g/mol. The molecule has 0 aromatic rings. The van der Waals surface area contributed by atoms with Gasteiger partial charge in [0.15, 0.2) is 0 Å². The molecule has 0 saturated heterocycles. The SMILES string of the molecule is CCCC(C=O)CCC(=O)NC. The third-order valence-corrected chi connectivity index (χ3v) is 1.87. The molecule has 3 heteroatoms. The van der Waals surface area contributed by atoms with Crippen molar-refractivity contribution in [3.63, 3.8) is 0 Å². The van der Waals surface area contributed by atoms with Crippen LogP contribution in [0.5, 0.6) is 0 Å². The first-order valence-corrected chi connectivity index (χ1v) is 4.40. The molecule has 1 N–H and O–H groups in total. The number of rotatable bonds is 6. The summed E-state index contributed by atoms with van der Waals surface area (Å²) < 4.78 is 0.